The summed E-state index contributed by atoms with van der Waals surface area (Å²) in [6.45, 7) is 0.459. The summed E-state index contributed by atoms with van der Waals surface area (Å²) in [7, 11) is 0. The summed E-state index contributed by atoms with van der Waals surface area (Å²) in [6.07, 6.45) is 6.20. The summed E-state index contributed by atoms with van der Waals surface area (Å²) in [5, 5.41) is 0. The van der Waals surface area contributed by atoms with Crippen LogP contribution in [0.25, 0.3) is 0 Å². The van der Waals surface area contributed by atoms with Crippen molar-refractivity contribution in [3.05, 3.63) is 59.2 Å². The largest absolute Gasteiger partial charge is 0.448 e. The molecule has 1 aliphatic carbocycles. The molecule has 0 saturated heterocycles. The SMILES string of the molecule is NC[C@@H]1O[C@H](c2ccccc2)Cc2c1ccc1c2OC2(CCCCC2)O1. The Morgan fingerprint density at radius 3 is 2.54 bits per heavy atom. The van der Waals surface area contributed by atoms with Crippen LogP contribution in [-0.4, -0.2) is 12.3 Å². The highest BCUT2D eigenvalue weighted by Crippen LogP contribution is 2.51. The van der Waals surface area contributed by atoms with Crippen LogP contribution in [0.15, 0.2) is 42.5 Å². The van der Waals surface area contributed by atoms with E-state index in [0.717, 1.165) is 49.2 Å². The lowest BCUT2D eigenvalue weighted by atomic mass is 9.90. The van der Waals surface area contributed by atoms with E-state index >= 15 is 0 Å². The molecule has 3 aliphatic rings. The number of hydrogen-bond donors (Lipinski definition) is 1. The Balaban J connectivity index is 1.53. The number of ether oxygens (including phenoxy) is 3. The van der Waals surface area contributed by atoms with E-state index in [2.05, 4.69) is 30.3 Å². The van der Waals surface area contributed by atoms with Crippen LogP contribution in [0.3, 0.4) is 0 Å². The summed E-state index contributed by atoms with van der Waals surface area (Å²) in [4.78, 5) is 0. The molecule has 2 aromatic carbocycles. The molecule has 0 bridgehead atoms. The summed E-state index contributed by atoms with van der Waals surface area (Å²) >= 11 is 0. The van der Waals surface area contributed by atoms with Gasteiger partial charge in [-0.1, -0.05) is 42.8 Å². The van der Waals surface area contributed by atoms with Crippen LogP contribution in [-0.2, 0) is 11.2 Å². The fourth-order valence-corrected chi connectivity index (χ4v) is 4.58. The minimum Gasteiger partial charge on any atom is -0.448 e. The zero-order chi connectivity index (χ0) is 17.6. The molecule has 2 atom stereocenters. The number of fused-ring (bicyclic) bond motifs is 3. The van der Waals surface area contributed by atoms with Gasteiger partial charge in [-0.2, -0.15) is 0 Å². The summed E-state index contributed by atoms with van der Waals surface area (Å²) < 4.78 is 19.1. The van der Waals surface area contributed by atoms with Gasteiger partial charge in [-0.25, -0.2) is 0 Å². The van der Waals surface area contributed by atoms with Gasteiger partial charge in [-0.05, 0) is 30.0 Å². The molecule has 136 valence electrons. The van der Waals surface area contributed by atoms with Crippen LogP contribution in [0.5, 0.6) is 11.5 Å². The maximum atomic E-state index is 6.49. The third-order valence-electron chi connectivity index (χ3n) is 5.91. The van der Waals surface area contributed by atoms with Gasteiger partial charge in [0, 0.05) is 31.4 Å². The van der Waals surface area contributed by atoms with Crippen LogP contribution >= 0.6 is 0 Å². The monoisotopic (exact) mass is 351 g/mol. The Kier molecular flexibility index (Phi) is 3.91. The highest BCUT2D eigenvalue weighted by atomic mass is 16.7. The van der Waals surface area contributed by atoms with Crippen LogP contribution in [0.2, 0.25) is 0 Å². The van der Waals surface area contributed by atoms with E-state index in [4.69, 9.17) is 19.9 Å². The van der Waals surface area contributed by atoms with Crippen molar-refractivity contribution in [2.75, 3.05) is 6.54 Å². The molecule has 2 heterocycles. The summed E-state index contributed by atoms with van der Waals surface area (Å²) in [6, 6.07) is 14.5. The zero-order valence-electron chi connectivity index (χ0n) is 14.9. The fraction of sp³-hybridized carbons (Fsp3) is 0.455. The summed E-state index contributed by atoms with van der Waals surface area (Å²) in [5.41, 5.74) is 9.58. The lowest BCUT2D eigenvalue weighted by molar-refractivity contribution is -0.106. The predicted molar refractivity (Wildman–Crippen MR) is 99.3 cm³/mol. The molecule has 4 heteroatoms. The number of rotatable bonds is 2. The average molecular weight is 351 g/mol. The standard InChI is InChI=1S/C22H25NO3/c23-14-20-16-9-10-18-21(26-22(25-18)11-5-2-6-12-22)17(16)13-19(24-20)15-7-3-1-4-8-15/h1,3-4,7-10,19-20H,2,5-6,11-14,23H2/t19-,20-/m0/s1. The van der Waals surface area contributed by atoms with Crippen molar-refractivity contribution in [2.24, 2.45) is 5.73 Å². The molecule has 5 rings (SSSR count). The van der Waals surface area contributed by atoms with Crippen molar-refractivity contribution < 1.29 is 14.2 Å². The van der Waals surface area contributed by atoms with Crippen LogP contribution < -0.4 is 15.2 Å². The molecule has 0 unspecified atom stereocenters. The average Bonchev–Trinajstić information content (AvgIpc) is 3.06. The lowest BCUT2D eigenvalue weighted by Gasteiger charge is -2.33. The van der Waals surface area contributed by atoms with E-state index < -0.39 is 5.79 Å². The highest BCUT2D eigenvalue weighted by Gasteiger charge is 2.45. The van der Waals surface area contributed by atoms with Crippen molar-refractivity contribution >= 4 is 0 Å². The second-order valence-electron chi connectivity index (χ2n) is 7.60. The van der Waals surface area contributed by atoms with Crippen molar-refractivity contribution in [3.8, 4) is 11.5 Å². The minimum absolute atomic E-state index is 0.00439. The van der Waals surface area contributed by atoms with Crippen LogP contribution in [0.4, 0.5) is 0 Å². The smallest absolute Gasteiger partial charge is 0.251 e. The predicted octanol–water partition coefficient (Wildman–Crippen LogP) is 4.43. The quantitative estimate of drug-likeness (QED) is 0.869. The first kappa shape index (κ1) is 16.2. The topological polar surface area (TPSA) is 53.7 Å². The Morgan fingerprint density at radius 1 is 0.962 bits per heavy atom. The molecular weight excluding hydrogens is 326 g/mol. The molecule has 2 aromatic rings. The molecule has 2 aliphatic heterocycles. The van der Waals surface area contributed by atoms with Crippen LogP contribution in [0, 0.1) is 0 Å². The van der Waals surface area contributed by atoms with Gasteiger partial charge >= 0.3 is 0 Å². The summed E-state index contributed by atoms with van der Waals surface area (Å²) in [5.74, 6) is 1.36. The fourth-order valence-electron chi connectivity index (χ4n) is 4.58. The second-order valence-corrected chi connectivity index (χ2v) is 7.60. The molecule has 1 spiro atoms. The molecule has 2 N–H and O–H groups in total. The van der Waals surface area contributed by atoms with Crippen molar-refractivity contribution in [2.45, 2.75) is 56.5 Å². The molecule has 0 aromatic heterocycles. The highest BCUT2D eigenvalue weighted by molar-refractivity contribution is 5.55. The van der Waals surface area contributed by atoms with E-state index in [9.17, 15) is 0 Å². The third kappa shape index (κ3) is 2.60. The molecule has 26 heavy (non-hydrogen) atoms. The van der Waals surface area contributed by atoms with Gasteiger partial charge in [0.15, 0.2) is 11.5 Å². The van der Waals surface area contributed by atoms with E-state index in [1.54, 1.807) is 0 Å². The van der Waals surface area contributed by atoms with Crippen molar-refractivity contribution in [3.63, 3.8) is 0 Å². The molecule has 0 amide bonds. The van der Waals surface area contributed by atoms with Gasteiger partial charge in [0.2, 0.25) is 0 Å². The third-order valence-corrected chi connectivity index (χ3v) is 5.91. The van der Waals surface area contributed by atoms with Crippen molar-refractivity contribution in [1.29, 1.82) is 0 Å². The first-order chi connectivity index (χ1) is 12.8. The second kappa shape index (κ2) is 6.29. The van der Waals surface area contributed by atoms with Gasteiger partial charge in [-0.3, -0.25) is 0 Å². The Labute approximate surface area is 154 Å². The molecule has 1 saturated carbocycles. The van der Waals surface area contributed by atoms with E-state index in [1.807, 2.05) is 12.1 Å². The van der Waals surface area contributed by atoms with Gasteiger partial charge in [0.05, 0.1) is 12.2 Å². The molecule has 1 fully saturated rings. The van der Waals surface area contributed by atoms with Gasteiger partial charge in [0.1, 0.15) is 0 Å². The van der Waals surface area contributed by atoms with E-state index in [0.29, 0.717) is 6.54 Å². The number of benzene rings is 2. The molecular formula is C22H25NO3. The Hall–Kier alpha value is -2.04. The Morgan fingerprint density at radius 2 is 1.77 bits per heavy atom. The van der Waals surface area contributed by atoms with Crippen LogP contribution in [0.1, 0.15) is 61.0 Å². The maximum Gasteiger partial charge on any atom is 0.251 e. The normalized spacial score (nSPS) is 25.9. The van der Waals surface area contributed by atoms with Gasteiger partial charge < -0.3 is 19.9 Å². The first-order valence-electron chi connectivity index (χ1n) is 9.72. The van der Waals surface area contributed by atoms with Crippen molar-refractivity contribution in [1.82, 2.24) is 0 Å². The number of hydrogen-bond acceptors (Lipinski definition) is 4. The lowest BCUT2D eigenvalue weighted by Crippen LogP contribution is -2.40. The van der Waals surface area contributed by atoms with Gasteiger partial charge in [0.25, 0.3) is 5.79 Å². The Bertz CT molecular complexity index is 799. The van der Waals surface area contributed by atoms with E-state index in [1.165, 1.54) is 17.5 Å². The minimum atomic E-state index is -0.450. The molecule has 4 nitrogen and oxygen atoms in total. The zero-order valence-corrected chi connectivity index (χ0v) is 14.9. The maximum absolute atomic E-state index is 6.49. The molecule has 0 radical (unpaired) electrons. The van der Waals surface area contributed by atoms with Gasteiger partial charge in [-0.15, -0.1) is 0 Å². The van der Waals surface area contributed by atoms with E-state index in [-0.39, 0.29) is 12.2 Å². The first-order valence-corrected chi connectivity index (χ1v) is 9.72. The number of nitrogens with two attached hydrogens (primary N) is 1.